The van der Waals surface area contributed by atoms with E-state index < -0.39 is 0 Å². The van der Waals surface area contributed by atoms with Crippen LogP contribution in [-0.2, 0) is 0 Å². The highest BCUT2D eigenvalue weighted by molar-refractivity contribution is 9.07. The summed E-state index contributed by atoms with van der Waals surface area (Å²) >= 11 is 3.25. The summed E-state index contributed by atoms with van der Waals surface area (Å²) in [5, 5.41) is 3.13. The summed E-state index contributed by atoms with van der Waals surface area (Å²) in [6.07, 6.45) is 0. The van der Waals surface area contributed by atoms with Crippen molar-refractivity contribution >= 4 is 16.1 Å². The van der Waals surface area contributed by atoms with Gasteiger partial charge in [-0.05, 0) is 13.6 Å². The Morgan fingerprint density at radius 2 is 2.29 bits per heavy atom. The third kappa shape index (κ3) is 6.40. The van der Waals surface area contributed by atoms with E-state index in [1.54, 1.807) is 0 Å². The van der Waals surface area contributed by atoms with Crippen LogP contribution in [0.2, 0.25) is 0 Å². The first-order valence-corrected chi connectivity index (χ1v) is 3.06. The fourth-order valence-corrected chi connectivity index (χ4v) is 0.443. The first kappa shape index (κ1) is 7.40. The lowest BCUT2D eigenvalue weighted by Crippen LogP contribution is -2.23. The minimum absolute atomic E-state index is 0.899. The minimum atomic E-state index is 0.899. The number of nitrogens with zero attached hydrogens (tertiary/aromatic N) is 1. The van der Waals surface area contributed by atoms with Gasteiger partial charge in [0.2, 0.25) is 0 Å². The molecule has 0 bridgehead atoms. The molecule has 1 N–H and O–H groups in total. The van der Waals surface area contributed by atoms with Crippen molar-refractivity contribution in [1.82, 2.24) is 9.24 Å². The van der Waals surface area contributed by atoms with Crippen molar-refractivity contribution in [3.8, 4) is 0 Å². The molecule has 0 aliphatic heterocycles. The molecular weight excluding hydrogens is 156 g/mol. The van der Waals surface area contributed by atoms with E-state index in [0.29, 0.717) is 0 Å². The lowest BCUT2D eigenvalue weighted by molar-refractivity contribution is 0.515. The average Bonchev–Trinajstić information content (AvgIpc) is 1.61. The quantitative estimate of drug-likeness (QED) is 0.493. The average molecular weight is 167 g/mol. The standard InChI is InChI=1S/C4H11BrN2/c1-3-6-4-7(2)5/h6H,3-4H2,1-2H3. The van der Waals surface area contributed by atoms with E-state index in [0.717, 1.165) is 13.2 Å². The molecule has 0 saturated carbocycles. The Hall–Kier alpha value is 0.400. The van der Waals surface area contributed by atoms with Gasteiger partial charge in [-0.2, -0.15) is 0 Å². The molecule has 0 aromatic rings. The lowest BCUT2D eigenvalue weighted by atomic mass is 10.7. The van der Waals surface area contributed by atoms with E-state index in [1.807, 2.05) is 11.0 Å². The molecule has 0 spiro atoms. The van der Waals surface area contributed by atoms with Crippen molar-refractivity contribution in [3.05, 3.63) is 0 Å². The Morgan fingerprint density at radius 3 is 2.43 bits per heavy atom. The normalized spacial score (nSPS) is 10.3. The number of hydrogen-bond donors (Lipinski definition) is 1. The van der Waals surface area contributed by atoms with E-state index in [-0.39, 0.29) is 0 Å². The molecule has 44 valence electrons. The van der Waals surface area contributed by atoms with Crippen molar-refractivity contribution in [3.63, 3.8) is 0 Å². The van der Waals surface area contributed by atoms with Gasteiger partial charge in [-0.1, -0.05) is 6.92 Å². The van der Waals surface area contributed by atoms with Crippen molar-refractivity contribution in [2.75, 3.05) is 20.3 Å². The largest absolute Gasteiger partial charge is 0.304 e. The van der Waals surface area contributed by atoms with E-state index in [9.17, 15) is 0 Å². The Morgan fingerprint density at radius 1 is 1.71 bits per heavy atom. The molecule has 0 aromatic heterocycles. The van der Waals surface area contributed by atoms with Crippen molar-refractivity contribution in [2.45, 2.75) is 6.92 Å². The van der Waals surface area contributed by atoms with Gasteiger partial charge in [0.05, 0.1) is 6.67 Å². The molecule has 0 saturated heterocycles. The zero-order chi connectivity index (χ0) is 5.70. The molecule has 0 aliphatic rings. The molecule has 0 fully saturated rings. The van der Waals surface area contributed by atoms with E-state index in [4.69, 9.17) is 0 Å². The first-order chi connectivity index (χ1) is 3.27. The van der Waals surface area contributed by atoms with Crippen LogP contribution in [0, 0.1) is 0 Å². The number of halogens is 1. The maximum atomic E-state index is 3.25. The summed E-state index contributed by atoms with van der Waals surface area (Å²) in [5.41, 5.74) is 0. The predicted octanol–water partition coefficient (Wildman–Crippen LogP) is 0.795. The zero-order valence-corrected chi connectivity index (χ0v) is 6.33. The molecule has 2 nitrogen and oxygen atoms in total. The second kappa shape index (κ2) is 4.56. The van der Waals surface area contributed by atoms with Gasteiger partial charge >= 0.3 is 0 Å². The molecule has 0 heterocycles. The Bertz CT molecular complexity index is 38.7. The monoisotopic (exact) mass is 166 g/mol. The van der Waals surface area contributed by atoms with Crippen molar-refractivity contribution in [1.29, 1.82) is 0 Å². The molecule has 0 amide bonds. The van der Waals surface area contributed by atoms with Crippen LogP contribution in [0.4, 0.5) is 0 Å². The summed E-state index contributed by atoms with van der Waals surface area (Å²) in [6.45, 7) is 4.00. The summed E-state index contributed by atoms with van der Waals surface area (Å²) in [4.78, 5) is 0. The van der Waals surface area contributed by atoms with Crippen LogP contribution >= 0.6 is 16.1 Å². The van der Waals surface area contributed by atoms with Gasteiger partial charge in [0, 0.05) is 16.1 Å². The molecule has 0 unspecified atom stereocenters. The highest BCUT2D eigenvalue weighted by atomic mass is 79.9. The van der Waals surface area contributed by atoms with Crippen molar-refractivity contribution < 1.29 is 0 Å². The maximum Gasteiger partial charge on any atom is 0.0581 e. The van der Waals surface area contributed by atoms with E-state index in [1.165, 1.54) is 0 Å². The summed E-state index contributed by atoms with van der Waals surface area (Å²) in [7, 11) is 1.96. The van der Waals surface area contributed by atoms with Gasteiger partial charge in [0.1, 0.15) is 0 Å². The lowest BCUT2D eigenvalue weighted by Gasteiger charge is -2.05. The number of hydrogen-bond acceptors (Lipinski definition) is 2. The van der Waals surface area contributed by atoms with Gasteiger partial charge in [-0.15, -0.1) is 0 Å². The highest BCUT2D eigenvalue weighted by Gasteiger charge is 1.83. The SMILES string of the molecule is CCNCN(C)Br. The third-order valence-electron chi connectivity index (χ3n) is 0.580. The van der Waals surface area contributed by atoms with E-state index in [2.05, 4.69) is 28.4 Å². The smallest absolute Gasteiger partial charge is 0.0581 e. The van der Waals surface area contributed by atoms with Crippen LogP contribution in [-0.4, -0.2) is 24.2 Å². The molecule has 7 heavy (non-hydrogen) atoms. The van der Waals surface area contributed by atoms with Crippen LogP contribution in [0.1, 0.15) is 6.92 Å². The summed E-state index contributed by atoms with van der Waals surface area (Å²) in [6, 6.07) is 0. The number of rotatable bonds is 3. The fourth-order valence-electron chi connectivity index (χ4n) is 0.266. The van der Waals surface area contributed by atoms with Crippen molar-refractivity contribution in [2.24, 2.45) is 0 Å². The van der Waals surface area contributed by atoms with Gasteiger partial charge in [0.15, 0.2) is 0 Å². The summed E-state index contributed by atoms with van der Waals surface area (Å²) < 4.78 is 1.91. The molecule has 0 aromatic carbocycles. The topological polar surface area (TPSA) is 15.3 Å². The molecule has 0 rings (SSSR count). The van der Waals surface area contributed by atoms with Crippen LogP contribution in [0.3, 0.4) is 0 Å². The Balaban J connectivity index is 2.68. The fraction of sp³-hybridized carbons (Fsp3) is 1.00. The van der Waals surface area contributed by atoms with Gasteiger partial charge < -0.3 is 5.32 Å². The first-order valence-electron chi connectivity index (χ1n) is 2.35. The second-order valence-electron chi connectivity index (χ2n) is 1.37. The third-order valence-corrected chi connectivity index (χ3v) is 0.830. The molecular formula is C4H11BrN2. The molecule has 3 heteroatoms. The zero-order valence-electron chi connectivity index (χ0n) is 4.74. The van der Waals surface area contributed by atoms with Crippen LogP contribution in [0.5, 0.6) is 0 Å². The van der Waals surface area contributed by atoms with Crippen LogP contribution in [0.25, 0.3) is 0 Å². The van der Waals surface area contributed by atoms with Crippen LogP contribution < -0.4 is 5.32 Å². The predicted molar refractivity (Wildman–Crippen MR) is 35.2 cm³/mol. The Labute approximate surface area is 53.2 Å². The van der Waals surface area contributed by atoms with Gasteiger partial charge in [0.25, 0.3) is 0 Å². The van der Waals surface area contributed by atoms with Gasteiger partial charge in [-0.25, -0.2) is 3.93 Å². The highest BCUT2D eigenvalue weighted by Crippen LogP contribution is 1.84. The molecule has 0 atom stereocenters. The summed E-state index contributed by atoms with van der Waals surface area (Å²) in [5.74, 6) is 0. The second-order valence-corrected chi connectivity index (χ2v) is 2.58. The van der Waals surface area contributed by atoms with Gasteiger partial charge in [-0.3, -0.25) is 0 Å². The minimum Gasteiger partial charge on any atom is -0.304 e. The van der Waals surface area contributed by atoms with E-state index >= 15 is 0 Å². The molecule has 0 radical (unpaired) electrons. The molecule has 0 aliphatic carbocycles. The maximum absolute atomic E-state index is 3.25. The van der Waals surface area contributed by atoms with Crippen LogP contribution in [0.15, 0.2) is 0 Å². The number of nitrogens with one attached hydrogen (secondary N) is 1. The Kier molecular flexibility index (Phi) is 4.82.